The van der Waals surface area contributed by atoms with Gasteiger partial charge in [-0.2, -0.15) is 0 Å². The van der Waals surface area contributed by atoms with E-state index < -0.39 is 12.1 Å². The normalized spacial score (nSPS) is 11.8. The number of esters is 1. The van der Waals surface area contributed by atoms with E-state index in [0.29, 0.717) is 12.2 Å². The fraction of sp³-hybridized carbons (Fsp3) is 0.200. The highest BCUT2D eigenvalue weighted by atomic mass is 16.5. The van der Waals surface area contributed by atoms with Crippen LogP contribution in [0.4, 0.5) is 0 Å². The molecule has 2 N–H and O–H groups in total. The Morgan fingerprint density at radius 2 is 2.20 bits per heavy atom. The molecule has 1 amide bonds. The SMILES string of the molecule is C=CCNC(=O)[C@H](C)OC(=O)c1cc2ccccc2[nH]1. The van der Waals surface area contributed by atoms with Crippen molar-refractivity contribution < 1.29 is 14.3 Å². The van der Waals surface area contributed by atoms with E-state index >= 15 is 0 Å². The fourth-order valence-corrected chi connectivity index (χ4v) is 1.78. The Hall–Kier alpha value is -2.56. The molecule has 0 radical (unpaired) electrons. The number of H-pyrrole nitrogens is 1. The van der Waals surface area contributed by atoms with Crippen molar-refractivity contribution in [2.24, 2.45) is 0 Å². The van der Waals surface area contributed by atoms with E-state index in [2.05, 4.69) is 16.9 Å². The first kappa shape index (κ1) is 13.9. The molecule has 0 saturated heterocycles. The largest absolute Gasteiger partial charge is 0.448 e. The van der Waals surface area contributed by atoms with E-state index in [1.54, 1.807) is 12.1 Å². The Kier molecular flexibility index (Phi) is 4.20. The van der Waals surface area contributed by atoms with Crippen LogP contribution in [0.1, 0.15) is 17.4 Å². The summed E-state index contributed by atoms with van der Waals surface area (Å²) in [4.78, 5) is 26.5. The fourth-order valence-electron chi connectivity index (χ4n) is 1.78. The third kappa shape index (κ3) is 3.06. The highest BCUT2D eigenvalue weighted by molar-refractivity contribution is 5.96. The van der Waals surface area contributed by atoms with Crippen LogP contribution in [-0.4, -0.2) is 29.5 Å². The Morgan fingerprint density at radius 1 is 1.45 bits per heavy atom. The van der Waals surface area contributed by atoms with Gasteiger partial charge in [0.25, 0.3) is 5.91 Å². The number of hydrogen-bond acceptors (Lipinski definition) is 3. The Morgan fingerprint density at radius 3 is 2.90 bits per heavy atom. The summed E-state index contributed by atoms with van der Waals surface area (Å²) in [7, 11) is 0. The number of hydrogen-bond donors (Lipinski definition) is 2. The van der Waals surface area contributed by atoms with Gasteiger partial charge in [-0.3, -0.25) is 4.79 Å². The van der Waals surface area contributed by atoms with Crippen molar-refractivity contribution in [1.82, 2.24) is 10.3 Å². The lowest BCUT2D eigenvalue weighted by Crippen LogP contribution is -2.35. The van der Waals surface area contributed by atoms with E-state index in [9.17, 15) is 9.59 Å². The second kappa shape index (κ2) is 6.06. The molecule has 1 heterocycles. The van der Waals surface area contributed by atoms with Crippen LogP contribution in [0.5, 0.6) is 0 Å². The number of aromatic nitrogens is 1. The summed E-state index contributed by atoms with van der Waals surface area (Å²) in [6.07, 6.45) is 0.707. The van der Waals surface area contributed by atoms with Crippen molar-refractivity contribution in [1.29, 1.82) is 0 Å². The highest BCUT2D eigenvalue weighted by Gasteiger charge is 2.19. The molecule has 5 nitrogen and oxygen atoms in total. The molecular weight excluding hydrogens is 256 g/mol. The van der Waals surface area contributed by atoms with Gasteiger partial charge >= 0.3 is 5.97 Å². The summed E-state index contributed by atoms with van der Waals surface area (Å²) in [5, 5.41) is 3.49. The first-order chi connectivity index (χ1) is 9.61. The Bertz CT molecular complexity index is 612. The average molecular weight is 272 g/mol. The molecule has 0 spiro atoms. The van der Waals surface area contributed by atoms with Gasteiger partial charge in [0.2, 0.25) is 0 Å². The molecule has 0 fully saturated rings. The summed E-state index contributed by atoms with van der Waals surface area (Å²) in [5.41, 5.74) is 1.18. The maximum atomic E-state index is 11.9. The van der Waals surface area contributed by atoms with Crippen LogP contribution in [0, 0.1) is 0 Å². The lowest BCUT2D eigenvalue weighted by molar-refractivity contribution is -0.128. The van der Waals surface area contributed by atoms with Crippen LogP contribution in [0.3, 0.4) is 0 Å². The molecule has 1 atom stereocenters. The van der Waals surface area contributed by atoms with Crippen molar-refractivity contribution in [2.75, 3.05) is 6.54 Å². The molecule has 2 rings (SSSR count). The molecule has 0 aliphatic heterocycles. The quantitative estimate of drug-likeness (QED) is 0.646. The lowest BCUT2D eigenvalue weighted by Gasteiger charge is -2.11. The zero-order valence-corrected chi connectivity index (χ0v) is 11.2. The van der Waals surface area contributed by atoms with Crippen molar-refractivity contribution in [3.63, 3.8) is 0 Å². The number of nitrogens with one attached hydrogen (secondary N) is 2. The van der Waals surface area contributed by atoms with Crippen LogP contribution < -0.4 is 5.32 Å². The third-order valence-electron chi connectivity index (χ3n) is 2.82. The third-order valence-corrected chi connectivity index (χ3v) is 2.82. The maximum absolute atomic E-state index is 11.9. The van der Waals surface area contributed by atoms with Crippen molar-refractivity contribution in [3.05, 3.63) is 48.7 Å². The number of ether oxygens (including phenoxy) is 1. The number of carbonyl (C=O) groups is 2. The summed E-state index contributed by atoms with van der Waals surface area (Å²) in [6, 6.07) is 9.22. The number of rotatable bonds is 5. The van der Waals surface area contributed by atoms with E-state index in [1.807, 2.05) is 24.3 Å². The summed E-state index contributed by atoms with van der Waals surface area (Å²) < 4.78 is 5.11. The predicted molar refractivity (Wildman–Crippen MR) is 76.4 cm³/mol. The van der Waals surface area contributed by atoms with Gasteiger partial charge < -0.3 is 15.0 Å². The summed E-state index contributed by atoms with van der Waals surface area (Å²) in [5.74, 6) is -0.906. The average Bonchev–Trinajstić information content (AvgIpc) is 2.88. The molecule has 0 aliphatic carbocycles. The van der Waals surface area contributed by atoms with Crippen LogP contribution in [0.15, 0.2) is 43.0 Å². The van der Waals surface area contributed by atoms with Crippen molar-refractivity contribution >= 4 is 22.8 Å². The van der Waals surface area contributed by atoms with Gasteiger partial charge in [0, 0.05) is 17.4 Å². The van der Waals surface area contributed by atoms with Crippen molar-refractivity contribution in [3.8, 4) is 0 Å². The van der Waals surface area contributed by atoms with Gasteiger partial charge in [-0.15, -0.1) is 6.58 Å². The molecule has 104 valence electrons. The number of fused-ring (bicyclic) bond motifs is 1. The van der Waals surface area contributed by atoms with E-state index in [0.717, 1.165) is 10.9 Å². The van der Waals surface area contributed by atoms with Gasteiger partial charge in [0.1, 0.15) is 5.69 Å². The first-order valence-corrected chi connectivity index (χ1v) is 6.29. The minimum absolute atomic E-state index is 0.328. The number of amides is 1. The monoisotopic (exact) mass is 272 g/mol. The summed E-state index contributed by atoms with van der Waals surface area (Å²) >= 11 is 0. The molecule has 0 bridgehead atoms. The zero-order chi connectivity index (χ0) is 14.5. The van der Waals surface area contributed by atoms with Crippen LogP contribution in [0.25, 0.3) is 10.9 Å². The van der Waals surface area contributed by atoms with Crippen LogP contribution >= 0.6 is 0 Å². The molecule has 2 aromatic rings. The number of benzene rings is 1. The highest BCUT2D eigenvalue weighted by Crippen LogP contribution is 2.15. The van der Waals surface area contributed by atoms with E-state index in [4.69, 9.17) is 4.74 Å². The van der Waals surface area contributed by atoms with Gasteiger partial charge in [0.05, 0.1) is 0 Å². The Balaban J connectivity index is 2.04. The number of carbonyl (C=O) groups excluding carboxylic acids is 2. The summed E-state index contributed by atoms with van der Waals surface area (Å²) in [6.45, 7) is 5.36. The van der Waals surface area contributed by atoms with Crippen LogP contribution in [0.2, 0.25) is 0 Å². The molecule has 1 aromatic heterocycles. The van der Waals surface area contributed by atoms with Gasteiger partial charge in [-0.1, -0.05) is 24.3 Å². The van der Waals surface area contributed by atoms with Gasteiger partial charge in [0.15, 0.2) is 6.10 Å². The van der Waals surface area contributed by atoms with E-state index in [1.165, 1.54) is 6.92 Å². The minimum Gasteiger partial charge on any atom is -0.448 e. The molecule has 5 heteroatoms. The predicted octanol–water partition coefficient (Wildman–Crippen LogP) is 2.02. The second-order valence-corrected chi connectivity index (χ2v) is 4.35. The lowest BCUT2D eigenvalue weighted by atomic mass is 10.2. The number of aromatic amines is 1. The van der Waals surface area contributed by atoms with Gasteiger partial charge in [-0.25, -0.2) is 4.79 Å². The minimum atomic E-state index is -0.853. The Labute approximate surface area is 116 Å². The van der Waals surface area contributed by atoms with Crippen LogP contribution in [-0.2, 0) is 9.53 Å². The molecule has 20 heavy (non-hydrogen) atoms. The first-order valence-electron chi connectivity index (χ1n) is 6.29. The maximum Gasteiger partial charge on any atom is 0.355 e. The topological polar surface area (TPSA) is 71.2 Å². The molecular formula is C15H16N2O3. The molecule has 0 unspecified atom stereocenters. The molecule has 0 aliphatic rings. The van der Waals surface area contributed by atoms with E-state index in [-0.39, 0.29) is 5.91 Å². The molecule has 0 saturated carbocycles. The van der Waals surface area contributed by atoms with Crippen molar-refractivity contribution in [2.45, 2.75) is 13.0 Å². The smallest absolute Gasteiger partial charge is 0.355 e. The molecule has 1 aromatic carbocycles. The standard InChI is InChI=1S/C15H16N2O3/c1-3-8-16-14(18)10(2)20-15(19)13-9-11-6-4-5-7-12(11)17-13/h3-7,9-10,17H,1,8H2,2H3,(H,16,18)/t10-/m0/s1. The number of para-hydroxylation sites is 1. The van der Waals surface area contributed by atoms with Gasteiger partial charge in [-0.05, 0) is 19.1 Å². The zero-order valence-electron chi connectivity index (χ0n) is 11.2. The second-order valence-electron chi connectivity index (χ2n) is 4.35.